The second-order valence-electron chi connectivity index (χ2n) is 13.5. The largest absolute Gasteiger partial charge is 0.309 e. The zero-order valence-electron chi connectivity index (χ0n) is 28.2. The fourth-order valence-electron chi connectivity index (χ4n) is 7.97. The summed E-state index contributed by atoms with van der Waals surface area (Å²) in [4.78, 5) is 10.5. The van der Waals surface area contributed by atoms with E-state index < -0.39 is 0 Å². The number of benzene rings is 6. The number of para-hydroxylation sites is 3. The molecule has 0 amide bonds. The lowest BCUT2D eigenvalue weighted by atomic mass is 9.86. The van der Waals surface area contributed by atoms with Gasteiger partial charge in [0.15, 0.2) is 0 Å². The second-order valence-corrected chi connectivity index (χ2v) is 13.5. The minimum absolute atomic E-state index is 0.253. The smallest absolute Gasteiger partial charge is 0.235 e. The number of rotatable bonds is 5. The molecule has 0 spiro atoms. The molecular formula is C47H34N4. The van der Waals surface area contributed by atoms with Crippen molar-refractivity contribution in [2.75, 3.05) is 0 Å². The molecule has 9 aromatic rings. The fraction of sp³-hybridized carbons (Fsp3) is 0.0638. The molecule has 0 saturated heterocycles. The molecule has 1 aliphatic carbocycles. The second kappa shape index (κ2) is 11.8. The van der Waals surface area contributed by atoms with Crippen molar-refractivity contribution in [2.24, 2.45) is 0 Å². The summed E-state index contributed by atoms with van der Waals surface area (Å²) >= 11 is 0. The maximum atomic E-state index is 5.24. The average molecular weight is 655 g/mol. The SMILES string of the molecule is Cc1cccc(-c2cc(-c3ccccc3)nc(-n3c4c(c5ccccc53)CC(c3ccc(-n5c6ccccc6c6ccccc65)cc3)C=C4)n2)c1. The number of hydrogen-bond donors (Lipinski definition) is 0. The highest BCUT2D eigenvalue weighted by atomic mass is 15.2. The Hall–Kier alpha value is -6.52. The molecule has 0 bridgehead atoms. The lowest BCUT2D eigenvalue weighted by Crippen LogP contribution is -2.10. The Labute approximate surface area is 296 Å². The normalized spacial score (nSPS) is 14.0. The summed E-state index contributed by atoms with van der Waals surface area (Å²) in [6, 6.07) is 56.3. The molecule has 1 unspecified atom stereocenters. The lowest BCUT2D eigenvalue weighted by molar-refractivity contribution is 0.820. The average Bonchev–Trinajstić information content (AvgIpc) is 3.71. The van der Waals surface area contributed by atoms with Crippen molar-refractivity contribution in [2.45, 2.75) is 19.3 Å². The first kappa shape index (κ1) is 29.4. The molecule has 6 aromatic carbocycles. The van der Waals surface area contributed by atoms with Crippen LogP contribution >= 0.6 is 0 Å². The molecule has 0 fully saturated rings. The zero-order valence-corrected chi connectivity index (χ0v) is 28.2. The van der Waals surface area contributed by atoms with E-state index in [1.54, 1.807) is 0 Å². The first-order valence-corrected chi connectivity index (χ1v) is 17.6. The van der Waals surface area contributed by atoms with Gasteiger partial charge in [-0.3, -0.25) is 4.57 Å². The molecule has 4 heteroatoms. The quantitative estimate of drug-likeness (QED) is 0.185. The van der Waals surface area contributed by atoms with Crippen molar-refractivity contribution < 1.29 is 0 Å². The van der Waals surface area contributed by atoms with Crippen LogP contribution in [-0.2, 0) is 6.42 Å². The monoisotopic (exact) mass is 654 g/mol. The third-order valence-electron chi connectivity index (χ3n) is 10.4. The molecular weight excluding hydrogens is 621 g/mol. The number of aromatic nitrogens is 4. The van der Waals surface area contributed by atoms with Crippen LogP contribution in [0.5, 0.6) is 0 Å². The summed E-state index contributed by atoms with van der Waals surface area (Å²) < 4.78 is 4.64. The predicted octanol–water partition coefficient (Wildman–Crippen LogP) is 11.5. The number of nitrogens with zero attached hydrogens (tertiary/aromatic N) is 4. The topological polar surface area (TPSA) is 35.6 Å². The molecule has 3 heterocycles. The molecule has 3 aromatic heterocycles. The van der Waals surface area contributed by atoms with Gasteiger partial charge in [0.05, 0.1) is 33.6 Å². The van der Waals surface area contributed by atoms with Crippen molar-refractivity contribution in [1.29, 1.82) is 0 Å². The van der Waals surface area contributed by atoms with E-state index in [9.17, 15) is 0 Å². The van der Waals surface area contributed by atoms with E-state index >= 15 is 0 Å². The first-order valence-electron chi connectivity index (χ1n) is 17.6. The first-order chi connectivity index (χ1) is 25.2. The van der Waals surface area contributed by atoms with Crippen LogP contribution in [0.1, 0.15) is 28.3 Å². The van der Waals surface area contributed by atoms with Gasteiger partial charge in [0, 0.05) is 38.9 Å². The standard InChI is InChI=1S/C47H34N4/c1-31-12-11-15-35(28-31)42-30-41(33-13-3-2-4-14-33)48-47(49-42)51-45-21-10-7-18-39(45)40-29-34(24-27-46(40)51)32-22-25-36(26-23-32)50-43-19-8-5-16-37(43)38-17-6-9-20-44(38)50/h2-28,30,34H,29H2,1H3. The van der Waals surface area contributed by atoms with Crippen molar-refractivity contribution in [1.82, 2.24) is 19.1 Å². The van der Waals surface area contributed by atoms with Gasteiger partial charge >= 0.3 is 0 Å². The fourth-order valence-corrected chi connectivity index (χ4v) is 7.97. The van der Waals surface area contributed by atoms with Crippen LogP contribution in [0.2, 0.25) is 0 Å². The summed E-state index contributed by atoms with van der Waals surface area (Å²) in [6.07, 6.45) is 5.54. The van der Waals surface area contributed by atoms with Gasteiger partial charge in [-0.05, 0) is 73.0 Å². The van der Waals surface area contributed by atoms with Gasteiger partial charge in [-0.2, -0.15) is 0 Å². The van der Waals surface area contributed by atoms with Crippen molar-refractivity contribution in [3.05, 3.63) is 186 Å². The molecule has 0 N–H and O–H groups in total. The van der Waals surface area contributed by atoms with Gasteiger partial charge in [-0.15, -0.1) is 0 Å². The Morgan fingerprint density at radius 2 is 1.12 bits per heavy atom. The third kappa shape index (κ3) is 4.91. The molecule has 0 aliphatic heterocycles. The van der Waals surface area contributed by atoms with E-state index in [0.29, 0.717) is 5.95 Å². The van der Waals surface area contributed by atoms with Gasteiger partial charge in [0.25, 0.3) is 0 Å². The molecule has 0 saturated carbocycles. The van der Waals surface area contributed by atoms with E-state index in [2.05, 4.69) is 180 Å². The van der Waals surface area contributed by atoms with Crippen LogP contribution in [0.3, 0.4) is 0 Å². The number of allylic oxidation sites excluding steroid dienone is 1. The molecule has 1 aliphatic rings. The maximum absolute atomic E-state index is 5.24. The third-order valence-corrected chi connectivity index (χ3v) is 10.4. The number of hydrogen-bond acceptors (Lipinski definition) is 2. The Balaban J connectivity index is 1.07. The predicted molar refractivity (Wildman–Crippen MR) is 211 cm³/mol. The molecule has 0 radical (unpaired) electrons. The lowest BCUT2D eigenvalue weighted by Gasteiger charge is -2.20. The van der Waals surface area contributed by atoms with Crippen molar-refractivity contribution >= 4 is 38.8 Å². The molecule has 10 rings (SSSR count). The van der Waals surface area contributed by atoms with Gasteiger partial charge in [-0.25, -0.2) is 9.97 Å². The summed E-state index contributed by atoms with van der Waals surface area (Å²) in [5.74, 6) is 0.937. The minimum atomic E-state index is 0.253. The Morgan fingerprint density at radius 3 is 1.80 bits per heavy atom. The number of fused-ring (bicyclic) bond motifs is 6. The summed E-state index contributed by atoms with van der Waals surface area (Å²) in [6.45, 7) is 2.12. The van der Waals surface area contributed by atoms with E-state index in [4.69, 9.17) is 9.97 Å². The molecule has 51 heavy (non-hydrogen) atoms. The van der Waals surface area contributed by atoms with Gasteiger partial charge < -0.3 is 4.57 Å². The van der Waals surface area contributed by atoms with E-state index in [1.165, 1.54) is 49.6 Å². The van der Waals surface area contributed by atoms with Gasteiger partial charge in [-0.1, -0.05) is 127 Å². The summed E-state index contributed by atoms with van der Waals surface area (Å²) in [7, 11) is 0. The molecule has 4 nitrogen and oxygen atoms in total. The van der Waals surface area contributed by atoms with Crippen LogP contribution in [0.25, 0.3) is 72.9 Å². The highest BCUT2D eigenvalue weighted by molar-refractivity contribution is 6.09. The minimum Gasteiger partial charge on any atom is -0.309 e. The van der Waals surface area contributed by atoms with Crippen molar-refractivity contribution in [3.8, 4) is 34.2 Å². The van der Waals surface area contributed by atoms with Crippen LogP contribution in [0.4, 0.5) is 0 Å². The van der Waals surface area contributed by atoms with Crippen LogP contribution in [0, 0.1) is 6.92 Å². The highest BCUT2D eigenvalue weighted by Gasteiger charge is 2.25. The van der Waals surface area contributed by atoms with E-state index in [0.717, 1.165) is 40.1 Å². The van der Waals surface area contributed by atoms with Crippen LogP contribution in [0.15, 0.2) is 164 Å². The molecule has 242 valence electrons. The van der Waals surface area contributed by atoms with Crippen LogP contribution < -0.4 is 0 Å². The zero-order chi connectivity index (χ0) is 33.9. The Bertz CT molecular complexity index is 2730. The maximum Gasteiger partial charge on any atom is 0.235 e. The van der Waals surface area contributed by atoms with E-state index in [-0.39, 0.29) is 5.92 Å². The van der Waals surface area contributed by atoms with E-state index in [1.807, 2.05) is 6.07 Å². The van der Waals surface area contributed by atoms with Crippen molar-refractivity contribution in [3.63, 3.8) is 0 Å². The molecule has 1 atom stereocenters. The van der Waals surface area contributed by atoms with Gasteiger partial charge in [0.1, 0.15) is 0 Å². The van der Waals surface area contributed by atoms with Crippen LogP contribution in [-0.4, -0.2) is 19.1 Å². The Morgan fingerprint density at radius 1 is 0.529 bits per heavy atom. The Kier molecular flexibility index (Phi) is 6.81. The summed E-state index contributed by atoms with van der Waals surface area (Å²) in [5.41, 5.74) is 13.7. The highest BCUT2D eigenvalue weighted by Crippen LogP contribution is 2.39. The summed E-state index contributed by atoms with van der Waals surface area (Å²) in [5, 5.41) is 3.80. The number of aryl methyl sites for hydroxylation is 1. The van der Waals surface area contributed by atoms with Gasteiger partial charge in [0.2, 0.25) is 5.95 Å².